The Morgan fingerprint density at radius 3 is 1.40 bits per heavy atom. The van der Waals surface area contributed by atoms with Crippen LogP contribution in [0, 0.1) is 68.0 Å². The number of halogens is 2. The number of hydrogen-bond acceptors (Lipinski definition) is 25. The number of nitrogens with one attached hydrogen (secondary N) is 2. The average molecular weight is 1690 g/mol. The molecule has 6 amide bonds. The molecule has 2 N–H and O–H groups in total. The molecule has 0 radical (unpaired) electrons. The van der Waals surface area contributed by atoms with Gasteiger partial charge in [0.05, 0.1) is 44.8 Å². The lowest BCUT2D eigenvalue weighted by atomic mass is 9.44. The van der Waals surface area contributed by atoms with Crippen LogP contribution >= 0.6 is 23.2 Å². The number of fused-ring (bicyclic) bond motifs is 2. The molecule has 3 aliphatic carbocycles. The van der Waals surface area contributed by atoms with E-state index in [4.69, 9.17) is 37.9 Å². The molecule has 2 aromatic heterocycles. The minimum absolute atomic E-state index is 0.0123. The van der Waals surface area contributed by atoms with E-state index in [0.29, 0.717) is 102 Å². The molecule has 2 unspecified atom stereocenters. The van der Waals surface area contributed by atoms with Crippen molar-refractivity contribution in [2.24, 2.45) is 45.3 Å². The molecule has 3 saturated carbocycles. The summed E-state index contributed by atoms with van der Waals surface area (Å²) < 4.78 is 12.8. The van der Waals surface area contributed by atoms with E-state index >= 15 is 0 Å². The van der Waals surface area contributed by atoms with Crippen molar-refractivity contribution >= 4 is 111 Å². The van der Waals surface area contributed by atoms with Gasteiger partial charge in [0, 0.05) is 179 Å². The quantitative estimate of drug-likeness (QED) is 0.0292. The maximum Gasteiger partial charge on any atom is 0.281 e. The van der Waals surface area contributed by atoms with Crippen molar-refractivity contribution in [1.82, 2.24) is 45.3 Å². The van der Waals surface area contributed by atoms with Gasteiger partial charge >= 0.3 is 0 Å². The van der Waals surface area contributed by atoms with E-state index in [1.54, 1.807) is 36.4 Å². The Bertz CT molecular complexity index is 5120. The van der Waals surface area contributed by atoms with Crippen LogP contribution in [0.3, 0.4) is 0 Å². The lowest BCUT2D eigenvalue weighted by Crippen LogP contribution is -2.66. The molecular formula is C91H103Cl2N15O13. The Labute approximate surface area is 714 Å². The largest absolute Gasteiger partial charge is 0.489 e. The first-order valence-electron chi connectivity index (χ1n) is 42.0. The lowest BCUT2D eigenvalue weighted by Gasteiger charge is -2.63. The number of piperazine rings is 2. The van der Waals surface area contributed by atoms with Crippen molar-refractivity contribution < 1.29 is 62.2 Å². The minimum Gasteiger partial charge on any atom is -0.489 e. The van der Waals surface area contributed by atoms with Crippen LogP contribution in [0.15, 0.2) is 97.3 Å². The van der Waals surface area contributed by atoms with Crippen molar-refractivity contribution in [2.75, 3.05) is 105 Å². The van der Waals surface area contributed by atoms with Gasteiger partial charge in [0.1, 0.15) is 65.3 Å². The van der Waals surface area contributed by atoms with Crippen molar-refractivity contribution in [3.05, 3.63) is 152 Å². The first kappa shape index (κ1) is 86.5. The Morgan fingerprint density at radius 1 is 0.529 bits per heavy atom. The van der Waals surface area contributed by atoms with Crippen molar-refractivity contribution in [3.8, 4) is 23.6 Å². The number of piperidine rings is 3. The molecule has 30 heteroatoms. The number of anilines is 4. The van der Waals surface area contributed by atoms with Gasteiger partial charge in [-0.05, 0) is 148 Å². The topological polar surface area (TPSA) is 352 Å². The number of aromatic nitrogens is 4. The normalized spacial score (nSPS) is 23.7. The van der Waals surface area contributed by atoms with Crippen molar-refractivity contribution in [3.63, 3.8) is 0 Å². The molecule has 8 fully saturated rings. The van der Waals surface area contributed by atoms with E-state index in [2.05, 4.69) is 125 Å². The number of carbonyl (C=O) groups excluding carboxylic acids is 11. The van der Waals surface area contributed by atoms with Gasteiger partial charge in [-0.2, -0.15) is 10.5 Å². The summed E-state index contributed by atoms with van der Waals surface area (Å²) in [6.07, 6.45) is 10.8. The van der Waals surface area contributed by atoms with Gasteiger partial charge in [0.25, 0.3) is 23.6 Å². The van der Waals surface area contributed by atoms with E-state index in [-0.39, 0.29) is 118 Å². The number of carbonyl (C=O) groups is 11. The fourth-order valence-electron chi connectivity index (χ4n) is 20.4. The summed E-state index contributed by atoms with van der Waals surface area (Å²) in [6.45, 7) is 28.2. The van der Waals surface area contributed by atoms with Gasteiger partial charge in [0.15, 0.2) is 17.3 Å². The molecule has 6 aromatic rings. The molecule has 9 heterocycles. The smallest absolute Gasteiger partial charge is 0.281 e. The molecule has 2 atom stereocenters. The third-order valence-electron chi connectivity index (χ3n) is 26.9. The Balaban J connectivity index is 0.000000165. The predicted octanol–water partition coefficient (Wildman–Crippen LogP) is 11.4. The number of imide groups is 3. The van der Waals surface area contributed by atoms with Gasteiger partial charge < -0.3 is 39.2 Å². The number of nitrogens with zero attached hydrogens (tertiary/aromatic N) is 13. The van der Waals surface area contributed by atoms with Gasteiger partial charge in [-0.25, -0.2) is 19.9 Å². The van der Waals surface area contributed by atoms with Crippen molar-refractivity contribution in [1.29, 1.82) is 10.5 Å². The fourth-order valence-corrected chi connectivity index (χ4v) is 20.8. The molecule has 5 saturated heterocycles. The summed E-state index contributed by atoms with van der Waals surface area (Å²) in [4.78, 5) is 167. The SMILES string of the molecule is CC1(C)C(CC(=O)c2ccc(N3CCC(CC=O)CC3)cc2)C(C)(C)C1Oc1ccc(C#N)c(Cl)c1.CC1(C)C(CC(=O)c2ccc(N3CCC(CCN4CCN(c5ncc6c(n5)C(=O)N(C5CCC(=O)CC5=O)C6=O)CC4)CC3)cc2)C(C)(C)C1Oc1ccc(C#N)c(Cl)c1.O=C1CCC(N2C(=O)c3cnc(N4CCNCC4)nc3C2=O)C(=O)N1. The standard InChI is InChI=1S/C46H52ClN7O6.C30H35ClN2O3.C15H16N6O4/c1-45(2)39(46(3,4)43(45)60-33-11-7-30(26-48)35(47)24-33)25-37(56)29-5-8-31(9-6-29)52-17-14-28(15-18-52)13-16-51-19-21-53(22-20-51)44-49-27-34-40(50-44)42(59)54(41(34)58)36-12-10-32(55)23-38(36)57;1-29(2)27(30(3,4)28(29)36-24-10-7-22(19-32)25(31)17-24)18-26(35)21-5-8-23(9-6-21)33-14-11-20(12-15-33)13-16-34;22-10-2-1-9(12(23)18-10)21-13(24)8-7-17-15(19-11(8)14(21)25)20-5-3-16-4-6-20/h5-9,11,24,27-28,36,39,43H,10,12-23,25H2,1-4H3;5-10,16-17,20,27-28H,11-15,18H2,1-4H3;7,9,16H,1-6H2,(H,18,22,23). The third kappa shape index (κ3) is 17.8. The van der Waals surface area contributed by atoms with E-state index < -0.39 is 53.3 Å². The summed E-state index contributed by atoms with van der Waals surface area (Å²) in [7, 11) is 0. The van der Waals surface area contributed by atoms with Gasteiger partial charge in [0.2, 0.25) is 23.7 Å². The highest BCUT2D eigenvalue weighted by Gasteiger charge is 2.65. The van der Waals surface area contributed by atoms with Crippen LogP contribution in [-0.2, 0) is 24.0 Å². The number of aldehydes is 1. The molecule has 634 valence electrons. The van der Waals surface area contributed by atoms with Gasteiger partial charge in [-0.15, -0.1) is 0 Å². The molecule has 0 bridgehead atoms. The number of ether oxygens (including phenoxy) is 2. The highest BCUT2D eigenvalue weighted by molar-refractivity contribution is 6.32. The molecule has 28 nitrogen and oxygen atoms in total. The minimum atomic E-state index is -0.991. The maximum atomic E-state index is 13.6. The highest BCUT2D eigenvalue weighted by Crippen LogP contribution is 2.63. The van der Waals surface area contributed by atoms with Crippen LogP contribution < -0.4 is 39.7 Å². The summed E-state index contributed by atoms with van der Waals surface area (Å²) >= 11 is 12.5. The van der Waals surface area contributed by atoms with Crippen LogP contribution in [0.5, 0.6) is 11.5 Å². The third-order valence-corrected chi connectivity index (χ3v) is 27.6. The van der Waals surface area contributed by atoms with E-state index in [1.165, 1.54) is 12.4 Å². The molecule has 121 heavy (non-hydrogen) atoms. The average Bonchev–Trinajstić information content (AvgIpc) is 1.58. The zero-order chi connectivity index (χ0) is 86.1. The van der Waals surface area contributed by atoms with E-state index in [1.807, 2.05) is 46.2 Å². The Kier molecular flexibility index (Phi) is 25.5. The second-order valence-corrected chi connectivity index (χ2v) is 36.7. The number of nitriles is 2. The molecule has 4 aromatic carbocycles. The first-order valence-corrected chi connectivity index (χ1v) is 42.8. The maximum absolute atomic E-state index is 13.6. The second-order valence-electron chi connectivity index (χ2n) is 35.9. The van der Waals surface area contributed by atoms with Crippen LogP contribution in [-0.4, -0.2) is 209 Å². The van der Waals surface area contributed by atoms with Crippen LogP contribution in [0.4, 0.5) is 23.3 Å². The summed E-state index contributed by atoms with van der Waals surface area (Å²) in [5.41, 5.74) is 3.94. The fraction of sp³-hybridized carbons (Fsp3) is 0.505. The predicted molar refractivity (Wildman–Crippen MR) is 452 cm³/mol. The number of amides is 6. The summed E-state index contributed by atoms with van der Waals surface area (Å²) in [5.74, 6) is -0.214. The number of Topliss-reactive ketones (excluding diaryl/α,β-unsaturated/α-hetero) is 4. The molecule has 0 spiro atoms. The molecule has 16 rings (SSSR count). The second kappa shape index (κ2) is 35.6. The molecule has 10 aliphatic rings. The molecule has 7 aliphatic heterocycles. The summed E-state index contributed by atoms with van der Waals surface area (Å²) in [6, 6.07) is 28.6. The van der Waals surface area contributed by atoms with E-state index in [0.717, 1.165) is 130 Å². The van der Waals surface area contributed by atoms with E-state index in [9.17, 15) is 58.0 Å². The lowest BCUT2D eigenvalue weighted by molar-refractivity contribution is -0.196. The highest BCUT2D eigenvalue weighted by atomic mass is 35.5. The summed E-state index contributed by atoms with van der Waals surface area (Å²) in [5, 5.41) is 24.5. The van der Waals surface area contributed by atoms with Crippen LogP contribution in [0.2, 0.25) is 10.0 Å². The van der Waals surface area contributed by atoms with Gasteiger partial charge in [-0.3, -0.25) is 68.0 Å². The molecular weight excluding hydrogens is 1580 g/mol. The zero-order valence-corrected chi connectivity index (χ0v) is 71.2. The number of ketones is 4. The monoisotopic (exact) mass is 1680 g/mol. The van der Waals surface area contributed by atoms with Crippen LogP contribution in [0.1, 0.15) is 212 Å². The van der Waals surface area contributed by atoms with Crippen molar-refractivity contribution in [2.45, 2.75) is 163 Å². The van der Waals surface area contributed by atoms with Crippen LogP contribution in [0.25, 0.3) is 0 Å². The number of benzene rings is 4. The number of hydrogen-bond donors (Lipinski definition) is 2. The Hall–Kier alpha value is -10.9. The number of rotatable bonds is 21. The zero-order valence-electron chi connectivity index (χ0n) is 69.7. The first-order chi connectivity index (χ1) is 57.8. The Morgan fingerprint density at radius 2 is 0.967 bits per heavy atom. The van der Waals surface area contributed by atoms with Gasteiger partial charge in [-0.1, -0.05) is 78.6 Å².